The third kappa shape index (κ3) is 18.5. The first-order valence-electron chi connectivity index (χ1n) is 25.6. The average Bonchev–Trinajstić information content (AvgIpc) is 4.29. The molecular weight excluding hydrogens is 967 g/mol. The highest BCUT2D eigenvalue weighted by atomic mass is 16.5. The molecule has 7 aromatic rings. The topological polar surface area (TPSA) is 264 Å². The number of rotatable bonds is 20. The Bertz CT molecular complexity index is 2920. The maximum absolute atomic E-state index is 12.2. The van der Waals surface area contributed by atoms with E-state index in [1.165, 1.54) is 7.11 Å². The third-order valence-electron chi connectivity index (χ3n) is 10.1. The fourth-order valence-corrected chi connectivity index (χ4v) is 7.10. The van der Waals surface area contributed by atoms with Gasteiger partial charge in [-0.2, -0.15) is 15.3 Å². The summed E-state index contributed by atoms with van der Waals surface area (Å²) in [7, 11) is 5.08. The van der Waals surface area contributed by atoms with Gasteiger partial charge in [0.15, 0.2) is 12.6 Å². The number of nitrogens with two attached hydrogens (primary N) is 2. The fraction of sp³-hybridized carbons (Fsp3) is 0.400. The molecular formula is C55H83N15O6. The lowest BCUT2D eigenvalue weighted by molar-refractivity contribution is 0.0991. The standard InChI is InChI=1S/C33H39N11O4.2C7H10N2O.4C2H6/c1-20(2)39-23-18-38-42(19-23)10-8-9-13-48-27-17-22(31(35)46)15-25-29(27)44(33(37-4)41-25)12-7-6-11-43-28-24(40-32(43)36-3)14-21(30(34)45)16-26(28)47-5;2*1-3-9-7(5-10)4-6(2)8-9;4*1-2/h6-9,14-19,39H,1,10-13H2,2-5H3,(H2,34,45)(H2,35,46)(H,36,40)(H,37,41);2*4-5H,3H2,1-2H3;4*1-2H3/b7-6+,9-8+;;;;;;. The van der Waals surface area contributed by atoms with Crippen LogP contribution < -0.4 is 36.9 Å². The summed E-state index contributed by atoms with van der Waals surface area (Å²) in [6, 6.07) is 10.1. The Morgan fingerprint density at radius 3 is 1.49 bits per heavy atom. The van der Waals surface area contributed by atoms with Gasteiger partial charge in [-0.1, -0.05) is 80.2 Å². The van der Waals surface area contributed by atoms with Crippen molar-refractivity contribution >= 4 is 64.0 Å². The van der Waals surface area contributed by atoms with Crippen LogP contribution in [-0.2, 0) is 32.7 Å². The van der Waals surface area contributed by atoms with Crippen molar-refractivity contribution in [1.29, 1.82) is 0 Å². The molecule has 2 aromatic carbocycles. The zero-order valence-corrected chi connectivity index (χ0v) is 47.6. The number of anilines is 3. The SMILES string of the molecule is C=C(C)Nc1cnn(C/C=C/COc2cc(C(N)=O)cc3nc(NC)n(C/C=C/Cn4c(NC)nc5cc(C(N)=O)cc(OC)c54)c23)c1.CC.CC.CC.CC.CCn1nc(C)cc1C=O.CCn1nc(C)cc1C=O. The molecule has 2 amide bonds. The van der Waals surface area contributed by atoms with Crippen LogP contribution in [0.5, 0.6) is 11.5 Å². The Hall–Kier alpha value is -8.49. The van der Waals surface area contributed by atoms with Crippen molar-refractivity contribution < 1.29 is 28.7 Å². The third-order valence-corrected chi connectivity index (χ3v) is 10.1. The minimum Gasteiger partial charge on any atom is -0.494 e. The van der Waals surface area contributed by atoms with Gasteiger partial charge in [0.25, 0.3) is 0 Å². The van der Waals surface area contributed by atoms with Crippen LogP contribution in [0.15, 0.2) is 85.4 Å². The second-order valence-electron chi connectivity index (χ2n) is 15.1. The number of aromatic nitrogens is 10. The summed E-state index contributed by atoms with van der Waals surface area (Å²) >= 11 is 0. The Balaban J connectivity index is 0.000000841. The van der Waals surface area contributed by atoms with Crippen molar-refractivity contribution in [2.75, 3.05) is 43.8 Å². The number of methoxy groups -OCH3 is 1. The first-order valence-corrected chi connectivity index (χ1v) is 25.6. The lowest BCUT2D eigenvalue weighted by Crippen LogP contribution is -2.11. The second-order valence-corrected chi connectivity index (χ2v) is 15.1. The highest BCUT2D eigenvalue weighted by Crippen LogP contribution is 2.32. The van der Waals surface area contributed by atoms with E-state index >= 15 is 0 Å². The van der Waals surface area contributed by atoms with Gasteiger partial charge in [0.1, 0.15) is 40.5 Å². The molecule has 0 saturated carbocycles. The summed E-state index contributed by atoms with van der Waals surface area (Å²) in [6.07, 6.45) is 13.1. The number of imidazole rings is 2. The summed E-state index contributed by atoms with van der Waals surface area (Å²) in [6.45, 7) is 32.6. The van der Waals surface area contributed by atoms with Crippen LogP contribution in [0.25, 0.3) is 22.1 Å². The highest BCUT2D eigenvalue weighted by Gasteiger charge is 2.19. The van der Waals surface area contributed by atoms with Crippen LogP contribution in [0.3, 0.4) is 0 Å². The number of ether oxygens (including phenoxy) is 2. The second kappa shape index (κ2) is 34.8. The van der Waals surface area contributed by atoms with E-state index in [1.54, 1.807) is 70.7 Å². The van der Waals surface area contributed by atoms with E-state index in [9.17, 15) is 19.2 Å². The number of nitrogens with zero attached hydrogens (tertiary/aromatic N) is 10. The minimum absolute atomic E-state index is 0.241. The maximum Gasteiger partial charge on any atom is 0.248 e. The molecule has 5 aromatic heterocycles. The zero-order valence-electron chi connectivity index (χ0n) is 47.6. The minimum atomic E-state index is -0.582. The smallest absolute Gasteiger partial charge is 0.248 e. The van der Waals surface area contributed by atoms with Gasteiger partial charge in [-0.05, 0) is 77.1 Å². The molecule has 0 aliphatic carbocycles. The predicted molar refractivity (Wildman–Crippen MR) is 308 cm³/mol. The number of hydrogen-bond donors (Lipinski definition) is 5. The number of nitrogens with one attached hydrogen (secondary N) is 3. The summed E-state index contributed by atoms with van der Waals surface area (Å²) < 4.78 is 20.8. The normalized spacial score (nSPS) is 10.2. The molecule has 0 aliphatic rings. The number of carbonyl (C=O) groups excluding carboxylic acids is 4. The largest absolute Gasteiger partial charge is 0.494 e. The molecule has 5 heterocycles. The van der Waals surface area contributed by atoms with Gasteiger partial charge in [0, 0.05) is 63.3 Å². The fourth-order valence-electron chi connectivity index (χ4n) is 7.10. The molecule has 21 nitrogen and oxygen atoms in total. The van der Waals surface area contributed by atoms with Gasteiger partial charge in [-0.25, -0.2) is 9.97 Å². The number of benzene rings is 2. The van der Waals surface area contributed by atoms with Crippen LogP contribution in [0.4, 0.5) is 17.6 Å². The van der Waals surface area contributed by atoms with Crippen molar-refractivity contribution in [2.45, 2.75) is 123 Å². The molecule has 414 valence electrons. The van der Waals surface area contributed by atoms with Gasteiger partial charge in [0.05, 0.1) is 48.0 Å². The molecule has 0 unspecified atom stereocenters. The van der Waals surface area contributed by atoms with Crippen LogP contribution in [0.1, 0.15) is 129 Å². The summed E-state index contributed by atoms with van der Waals surface area (Å²) in [5.41, 5.74) is 19.1. The van der Waals surface area contributed by atoms with Crippen molar-refractivity contribution in [1.82, 2.24) is 48.4 Å². The molecule has 76 heavy (non-hydrogen) atoms. The number of hydrogen-bond acceptors (Lipinski definition) is 14. The average molecular weight is 1050 g/mol. The number of amides is 2. The Kier molecular flexibility index (Phi) is 30.0. The number of carbonyl (C=O) groups is 4. The summed E-state index contributed by atoms with van der Waals surface area (Å²) in [4.78, 5) is 54.0. The Morgan fingerprint density at radius 2 is 1.11 bits per heavy atom. The van der Waals surface area contributed by atoms with Crippen molar-refractivity contribution in [3.05, 3.63) is 119 Å². The molecule has 21 heteroatoms. The lowest BCUT2D eigenvalue weighted by atomic mass is 10.1. The predicted octanol–water partition coefficient (Wildman–Crippen LogP) is 9.86. The van der Waals surface area contributed by atoms with E-state index in [0.717, 1.165) is 54.0 Å². The molecule has 0 radical (unpaired) electrons. The van der Waals surface area contributed by atoms with Gasteiger partial charge in [-0.3, -0.25) is 33.2 Å². The molecule has 0 aliphatic heterocycles. The highest BCUT2D eigenvalue weighted by molar-refractivity contribution is 6.00. The summed E-state index contributed by atoms with van der Waals surface area (Å²) in [5, 5.41) is 21.9. The quantitative estimate of drug-likeness (QED) is 0.0351. The first kappa shape index (κ1) is 65.5. The van der Waals surface area contributed by atoms with Gasteiger partial charge in [-0.15, -0.1) is 0 Å². The number of primary amides is 2. The Labute approximate surface area is 448 Å². The van der Waals surface area contributed by atoms with E-state index in [-0.39, 0.29) is 6.61 Å². The van der Waals surface area contributed by atoms with Crippen LogP contribution in [-0.4, -0.2) is 101 Å². The van der Waals surface area contributed by atoms with Crippen molar-refractivity contribution in [3.8, 4) is 11.5 Å². The monoisotopic (exact) mass is 1050 g/mol. The van der Waals surface area contributed by atoms with Crippen LogP contribution >= 0.6 is 0 Å². The van der Waals surface area contributed by atoms with Crippen molar-refractivity contribution in [2.24, 2.45) is 11.5 Å². The molecule has 0 spiro atoms. The molecule has 0 saturated heterocycles. The number of aldehydes is 2. The molecule has 7 N–H and O–H groups in total. The molecule has 0 bridgehead atoms. The van der Waals surface area contributed by atoms with Gasteiger partial charge in [0.2, 0.25) is 23.7 Å². The molecule has 7 rings (SSSR count). The Morgan fingerprint density at radius 1 is 0.671 bits per heavy atom. The zero-order chi connectivity index (χ0) is 57.5. The van der Waals surface area contributed by atoms with E-state index in [1.807, 2.05) is 130 Å². The van der Waals surface area contributed by atoms with E-state index in [0.29, 0.717) is 82.1 Å². The van der Waals surface area contributed by atoms with Crippen molar-refractivity contribution in [3.63, 3.8) is 0 Å². The number of fused-ring (bicyclic) bond motifs is 2. The lowest BCUT2D eigenvalue weighted by Gasteiger charge is -2.12. The molecule has 0 fully saturated rings. The number of allylic oxidation sites excluding steroid dienone is 4. The van der Waals surface area contributed by atoms with Crippen LogP contribution in [0.2, 0.25) is 0 Å². The van der Waals surface area contributed by atoms with Gasteiger partial charge >= 0.3 is 0 Å². The van der Waals surface area contributed by atoms with Crippen LogP contribution in [0, 0.1) is 13.8 Å². The van der Waals surface area contributed by atoms with Gasteiger partial charge < -0.3 is 46.0 Å². The first-order chi connectivity index (χ1) is 36.7. The number of aryl methyl sites for hydroxylation is 4. The maximum atomic E-state index is 12.2. The van der Waals surface area contributed by atoms with E-state index < -0.39 is 11.8 Å². The molecule has 0 atom stereocenters. The summed E-state index contributed by atoms with van der Waals surface area (Å²) in [5.74, 6) is 0.982. The van der Waals surface area contributed by atoms with E-state index in [4.69, 9.17) is 25.9 Å². The van der Waals surface area contributed by atoms with E-state index in [2.05, 4.69) is 42.8 Å².